The third kappa shape index (κ3) is 3.19. The van der Waals surface area contributed by atoms with Crippen LogP contribution < -0.4 is 4.74 Å². The van der Waals surface area contributed by atoms with Gasteiger partial charge in [-0.2, -0.15) is 4.98 Å². The lowest BCUT2D eigenvalue weighted by atomic mass is 10.0. The average molecular weight is 317 g/mol. The summed E-state index contributed by atoms with van der Waals surface area (Å²) in [6.45, 7) is 5.10. The highest BCUT2D eigenvalue weighted by molar-refractivity contribution is 5.76. The molecule has 0 radical (unpaired) electrons. The number of hydrogen-bond donors (Lipinski definition) is 1. The molecule has 23 heavy (non-hydrogen) atoms. The molecule has 1 unspecified atom stereocenters. The molecule has 0 bridgehead atoms. The molecular weight excluding hydrogens is 298 g/mol. The summed E-state index contributed by atoms with van der Waals surface area (Å²) < 4.78 is 10.9. The van der Waals surface area contributed by atoms with Gasteiger partial charge in [0.25, 0.3) is 0 Å². The van der Waals surface area contributed by atoms with E-state index in [0.29, 0.717) is 36.2 Å². The van der Waals surface area contributed by atoms with Crippen LogP contribution in [0.3, 0.4) is 0 Å². The number of carboxylic acid groups (broad SMARTS) is 1. The highest BCUT2D eigenvalue weighted by atomic mass is 16.5. The van der Waals surface area contributed by atoms with Crippen molar-refractivity contribution in [3.63, 3.8) is 0 Å². The number of hydrogen-bond acceptors (Lipinski definition) is 6. The molecule has 7 nitrogen and oxygen atoms in total. The van der Waals surface area contributed by atoms with Gasteiger partial charge in [0, 0.05) is 18.0 Å². The van der Waals surface area contributed by atoms with Gasteiger partial charge < -0.3 is 14.4 Å². The Morgan fingerprint density at radius 3 is 2.91 bits per heavy atom. The maximum Gasteiger partial charge on any atom is 0.325 e. The van der Waals surface area contributed by atoms with Crippen molar-refractivity contribution in [3.05, 3.63) is 41.5 Å². The van der Waals surface area contributed by atoms with Crippen LogP contribution in [0.2, 0.25) is 0 Å². The molecule has 1 aliphatic rings. The topological polar surface area (TPSA) is 88.7 Å². The molecule has 3 rings (SSSR count). The summed E-state index contributed by atoms with van der Waals surface area (Å²) in [5.41, 5.74) is 0.640. The van der Waals surface area contributed by atoms with E-state index >= 15 is 0 Å². The van der Waals surface area contributed by atoms with Gasteiger partial charge in [0.2, 0.25) is 5.89 Å². The highest BCUT2D eigenvalue weighted by Crippen LogP contribution is 2.32. The van der Waals surface area contributed by atoms with Crippen LogP contribution in [0.4, 0.5) is 0 Å². The Hall–Kier alpha value is -2.41. The van der Waals surface area contributed by atoms with Gasteiger partial charge in [-0.05, 0) is 6.07 Å². The number of benzene rings is 1. The molecule has 2 heterocycles. The van der Waals surface area contributed by atoms with Crippen LogP contribution >= 0.6 is 0 Å². The lowest BCUT2D eigenvalue weighted by molar-refractivity contribution is -0.143. The van der Waals surface area contributed by atoms with Crippen molar-refractivity contribution in [1.82, 2.24) is 15.0 Å². The van der Waals surface area contributed by atoms with Crippen molar-refractivity contribution in [3.8, 4) is 5.75 Å². The van der Waals surface area contributed by atoms with Crippen LogP contribution in [0.5, 0.6) is 5.75 Å². The van der Waals surface area contributed by atoms with Crippen LogP contribution in [-0.4, -0.2) is 39.3 Å². The number of ether oxygens (including phenoxy) is 1. The van der Waals surface area contributed by atoms with Gasteiger partial charge >= 0.3 is 5.97 Å². The first-order valence-corrected chi connectivity index (χ1v) is 7.57. The molecule has 0 fully saturated rings. The smallest absolute Gasteiger partial charge is 0.325 e. The second-order valence-electron chi connectivity index (χ2n) is 5.80. The van der Waals surface area contributed by atoms with Gasteiger partial charge in [0.05, 0.1) is 6.54 Å². The van der Waals surface area contributed by atoms with Crippen LogP contribution in [0.25, 0.3) is 0 Å². The second-order valence-corrected chi connectivity index (χ2v) is 5.80. The molecule has 0 spiro atoms. The number of rotatable bonds is 4. The van der Waals surface area contributed by atoms with Crippen LogP contribution in [0.15, 0.2) is 28.8 Å². The zero-order valence-corrected chi connectivity index (χ0v) is 13.1. The molecular formula is C16H19N3O4. The van der Waals surface area contributed by atoms with Crippen molar-refractivity contribution in [2.75, 3.05) is 13.2 Å². The summed E-state index contributed by atoms with van der Waals surface area (Å²) >= 11 is 0. The second kappa shape index (κ2) is 6.37. The molecule has 122 valence electrons. The van der Waals surface area contributed by atoms with Crippen molar-refractivity contribution in [2.24, 2.45) is 0 Å². The standard InChI is InChI=1S/C16H19N3O4/c1-10(2)15-17-13(23-18-15)9-19-7-8-22-12-6-4-3-5-11(12)14(19)16(20)21/h3-6,10,14H,7-9H2,1-2H3,(H,20,21). The zero-order chi connectivity index (χ0) is 16.4. The van der Waals surface area contributed by atoms with E-state index < -0.39 is 12.0 Å². The van der Waals surface area contributed by atoms with E-state index in [0.717, 1.165) is 0 Å². The molecule has 0 aliphatic carbocycles. The number of carbonyl (C=O) groups is 1. The average Bonchev–Trinajstić information content (AvgIpc) is 2.89. The Bertz CT molecular complexity index is 698. The van der Waals surface area contributed by atoms with Crippen molar-refractivity contribution < 1.29 is 19.2 Å². The molecule has 2 aromatic rings. The molecule has 1 aliphatic heterocycles. The number of carboxylic acids is 1. The number of fused-ring (bicyclic) bond motifs is 1. The fourth-order valence-electron chi connectivity index (χ4n) is 2.64. The molecule has 0 saturated heterocycles. The first kappa shape index (κ1) is 15.5. The van der Waals surface area contributed by atoms with Crippen molar-refractivity contribution >= 4 is 5.97 Å². The van der Waals surface area contributed by atoms with Crippen LogP contribution in [-0.2, 0) is 11.3 Å². The number of nitrogens with zero attached hydrogens (tertiary/aromatic N) is 3. The SMILES string of the molecule is CC(C)c1noc(CN2CCOc3ccccc3C2C(=O)O)n1. The predicted molar refractivity (Wildman–Crippen MR) is 81.1 cm³/mol. The Morgan fingerprint density at radius 2 is 2.22 bits per heavy atom. The molecule has 7 heteroatoms. The molecule has 1 aromatic heterocycles. The highest BCUT2D eigenvalue weighted by Gasteiger charge is 2.33. The summed E-state index contributed by atoms with van der Waals surface area (Å²) in [5.74, 6) is 0.885. The molecule has 1 atom stereocenters. The predicted octanol–water partition coefficient (Wildman–Crippen LogP) is 2.21. The lowest BCUT2D eigenvalue weighted by Crippen LogP contribution is -2.34. The van der Waals surface area contributed by atoms with Crippen molar-refractivity contribution in [1.29, 1.82) is 0 Å². The fraction of sp³-hybridized carbons (Fsp3) is 0.438. The first-order chi connectivity index (χ1) is 11.1. The summed E-state index contributed by atoms with van der Waals surface area (Å²) in [4.78, 5) is 17.9. The zero-order valence-electron chi connectivity index (χ0n) is 13.1. The van der Waals surface area contributed by atoms with E-state index in [2.05, 4.69) is 10.1 Å². The fourth-order valence-corrected chi connectivity index (χ4v) is 2.64. The van der Waals surface area contributed by atoms with Gasteiger partial charge in [-0.1, -0.05) is 37.2 Å². The third-order valence-corrected chi connectivity index (χ3v) is 3.79. The quantitative estimate of drug-likeness (QED) is 0.924. The van der Waals surface area contributed by atoms with Gasteiger partial charge in [-0.3, -0.25) is 9.69 Å². The summed E-state index contributed by atoms with van der Waals surface area (Å²) in [7, 11) is 0. The minimum atomic E-state index is -0.924. The van der Waals surface area contributed by atoms with Gasteiger partial charge in [-0.25, -0.2) is 0 Å². The van der Waals surface area contributed by atoms with E-state index in [1.165, 1.54) is 0 Å². The normalized spacial score (nSPS) is 18.3. The monoisotopic (exact) mass is 317 g/mol. The minimum absolute atomic E-state index is 0.163. The van der Waals surface area contributed by atoms with Gasteiger partial charge in [0.15, 0.2) is 5.82 Å². The molecule has 0 amide bonds. The van der Waals surface area contributed by atoms with Crippen LogP contribution in [0.1, 0.15) is 43.1 Å². The Labute approximate surface area is 133 Å². The van der Waals surface area contributed by atoms with Gasteiger partial charge in [0.1, 0.15) is 18.4 Å². The van der Waals surface area contributed by atoms with Crippen LogP contribution in [0, 0.1) is 0 Å². The van der Waals surface area contributed by atoms with E-state index in [-0.39, 0.29) is 12.5 Å². The van der Waals surface area contributed by atoms with Gasteiger partial charge in [-0.15, -0.1) is 0 Å². The Kier molecular flexibility index (Phi) is 4.29. The Balaban J connectivity index is 1.89. The molecule has 1 N–H and O–H groups in total. The maximum absolute atomic E-state index is 11.8. The van der Waals surface area contributed by atoms with E-state index in [1.54, 1.807) is 17.0 Å². The summed E-state index contributed by atoms with van der Waals surface area (Å²) in [5, 5.41) is 13.6. The summed E-state index contributed by atoms with van der Waals surface area (Å²) in [6.07, 6.45) is 0. The third-order valence-electron chi connectivity index (χ3n) is 3.79. The summed E-state index contributed by atoms with van der Waals surface area (Å²) in [6, 6.07) is 6.41. The molecule has 0 saturated carbocycles. The number of aliphatic carboxylic acids is 1. The largest absolute Gasteiger partial charge is 0.492 e. The minimum Gasteiger partial charge on any atom is -0.492 e. The van der Waals surface area contributed by atoms with E-state index in [9.17, 15) is 9.90 Å². The van der Waals surface area contributed by atoms with Crippen molar-refractivity contribution in [2.45, 2.75) is 32.4 Å². The Morgan fingerprint density at radius 1 is 1.43 bits per heavy atom. The first-order valence-electron chi connectivity index (χ1n) is 7.57. The van der Waals surface area contributed by atoms with E-state index in [4.69, 9.17) is 9.26 Å². The van der Waals surface area contributed by atoms with E-state index in [1.807, 2.05) is 26.0 Å². The lowest BCUT2D eigenvalue weighted by Gasteiger charge is -2.24. The molecule has 1 aromatic carbocycles. The number of para-hydroxylation sites is 1. The maximum atomic E-state index is 11.8. The number of aromatic nitrogens is 2.